The van der Waals surface area contributed by atoms with Gasteiger partial charge >= 0.3 is 0 Å². The standard InChI is InChI=1S/C21H21FN4O2S/c1-21(2,3)28-20(27)26-18-16(11-8-13-6-9-14(22)10-7-13)29-19(25-18)15-5-4-12-24-17(15)23/h4-7,9-10,12,20,26-27H,1-3H3,(H2,23,24). The number of aliphatic hydroxyl groups is 1. The Kier molecular flexibility index (Phi) is 6.13. The number of nitrogen functional groups attached to an aromatic ring is 1. The van der Waals surface area contributed by atoms with E-state index in [-0.39, 0.29) is 5.82 Å². The summed E-state index contributed by atoms with van der Waals surface area (Å²) in [5.74, 6) is 6.37. The predicted molar refractivity (Wildman–Crippen MR) is 113 cm³/mol. The fourth-order valence-corrected chi connectivity index (χ4v) is 3.28. The van der Waals surface area contributed by atoms with Crippen LogP contribution in [0.25, 0.3) is 10.6 Å². The zero-order valence-electron chi connectivity index (χ0n) is 16.2. The Hall–Kier alpha value is -2.99. The lowest BCUT2D eigenvalue weighted by Crippen LogP contribution is -2.32. The predicted octanol–water partition coefficient (Wildman–Crippen LogP) is 3.83. The van der Waals surface area contributed by atoms with E-state index in [1.54, 1.807) is 24.4 Å². The number of nitrogens with zero attached hydrogens (tertiary/aromatic N) is 2. The Morgan fingerprint density at radius 3 is 2.59 bits per heavy atom. The Morgan fingerprint density at radius 1 is 1.21 bits per heavy atom. The van der Waals surface area contributed by atoms with Gasteiger partial charge in [-0.15, -0.1) is 11.3 Å². The first-order valence-corrected chi connectivity index (χ1v) is 9.64. The highest BCUT2D eigenvalue weighted by molar-refractivity contribution is 7.16. The molecule has 0 bridgehead atoms. The number of hydrogen-bond donors (Lipinski definition) is 3. The van der Waals surface area contributed by atoms with Crippen LogP contribution in [0, 0.1) is 17.7 Å². The second-order valence-corrected chi connectivity index (χ2v) is 8.12. The number of benzene rings is 1. The number of nitrogens with one attached hydrogen (secondary N) is 1. The summed E-state index contributed by atoms with van der Waals surface area (Å²) in [5, 5.41) is 13.6. The van der Waals surface area contributed by atoms with Crippen molar-refractivity contribution in [3.63, 3.8) is 0 Å². The molecule has 29 heavy (non-hydrogen) atoms. The molecule has 0 fully saturated rings. The van der Waals surface area contributed by atoms with Gasteiger partial charge in [0.2, 0.25) is 6.41 Å². The van der Waals surface area contributed by atoms with Crippen molar-refractivity contribution in [2.45, 2.75) is 32.8 Å². The molecule has 3 aromatic rings. The van der Waals surface area contributed by atoms with Crippen LogP contribution >= 0.6 is 11.3 Å². The summed E-state index contributed by atoms with van der Waals surface area (Å²) in [5.41, 5.74) is 6.73. The first-order chi connectivity index (χ1) is 13.7. The van der Waals surface area contributed by atoms with Gasteiger partial charge in [0.1, 0.15) is 21.5 Å². The van der Waals surface area contributed by atoms with E-state index in [9.17, 15) is 9.50 Å². The molecule has 1 aromatic carbocycles. The molecule has 0 aliphatic rings. The third-order valence-corrected chi connectivity index (χ3v) is 4.59. The number of hydrogen-bond acceptors (Lipinski definition) is 7. The van der Waals surface area contributed by atoms with Crippen molar-refractivity contribution in [2.75, 3.05) is 11.1 Å². The lowest BCUT2D eigenvalue weighted by molar-refractivity contribution is -0.148. The third kappa shape index (κ3) is 5.74. The maximum absolute atomic E-state index is 13.1. The maximum Gasteiger partial charge on any atom is 0.237 e. The number of nitrogens with two attached hydrogens (primary N) is 1. The Labute approximate surface area is 172 Å². The first kappa shape index (κ1) is 20.7. The third-order valence-electron chi connectivity index (χ3n) is 3.59. The van der Waals surface area contributed by atoms with Crippen molar-refractivity contribution in [1.29, 1.82) is 0 Å². The summed E-state index contributed by atoms with van der Waals surface area (Å²) in [6, 6.07) is 9.45. The van der Waals surface area contributed by atoms with Gasteiger partial charge in [0.25, 0.3) is 0 Å². The van der Waals surface area contributed by atoms with Crippen LogP contribution in [-0.4, -0.2) is 27.1 Å². The van der Waals surface area contributed by atoms with Gasteiger partial charge in [0.15, 0.2) is 5.82 Å². The van der Waals surface area contributed by atoms with Gasteiger partial charge in [-0.05, 0) is 63.1 Å². The monoisotopic (exact) mass is 412 g/mol. The van der Waals surface area contributed by atoms with E-state index < -0.39 is 12.0 Å². The average molecular weight is 412 g/mol. The molecule has 4 N–H and O–H groups in total. The number of anilines is 2. The van der Waals surface area contributed by atoms with E-state index >= 15 is 0 Å². The number of pyridine rings is 1. The minimum absolute atomic E-state index is 0.326. The average Bonchev–Trinajstić information content (AvgIpc) is 3.02. The smallest absolute Gasteiger partial charge is 0.237 e. The highest BCUT2D eigenvalue weighted by Gasteiger charge is 2.20. The molecule has 2 aromatic heterocycles. The number of aliphatic hydroxyl groups excluding tert-OH is 1. The number of halogens is 1. The fraction of sp³-hybridized carbons (Fsp3) is 0.238. The van der Waals surface area contributed by atoms with Crippen LogP contribution in [0.15, 0.2) is 42.6 Å². The molecule has 1 atom stereocenters. The van der Waals surface area contributed by atoms with Crippen LogP contribution in [0.4, 0.5) is 16.0 Å². The van der Waals surface area contributed by atoms with Gasteiger partial charge in [-0.1, -0.05) is 5.92 Å². The Morgan fingerprint density at radius 2 is 1.93 bits per heavy atom. The second-order valence-electron chi connectivity index (χ2n) is 7.12. The van der Waals surface area contributed by atoms with E-state index in [1.165, 1.54) is 23.5 Å². The summed E-state index contributed by atoms with van der Waals surface area (Å²) in [7, 11) is 0. The van der Waals surface area contributed by atoms with Gasteiger partial charge in [-0.25, -0.2) is 14.4 Å². The van der Waals surface area contributed by atoms with E-state index in [2.05, 4.69) is 27.1 Å². The number of ether oxygens (including phenoxy) is 1. The number of rotatable bonds is 4. The molecular weight excluding hydrogens is 391 g/mol. The topological polar surface area (TPSA) is 93.3 Å². The fourth-order valence-electron chi connectivity index (χ4n) is 2.36. The highest BCUT2D eigenvalue weighted by Crippen LogP contribution is 2.33. The lowest BCUT2D eigenvalue weighted by atomic mass is 10.2. The van der Waals surface area contributed by atoms with E-state index in [0.717, 1.165) is 0 Å². The zero-order chi connectivity index (χ0) is 21.0. The molecule has 150 valence electrons. The molecular formula is C21H21FN4O2S. The summed E-state index contributed by atoms with van der Waals surface area (Å²) in [6.45, 7) is 5.49. The van der Waals surface area contributed by atoms with Crippen molar-refractivity contribution in [2.24, 2.45) is 0 Å². The quantitative estimate of drug-likeness (QED) is 0.445. The van der Waals surface area contributed by atoms with Crippen LogP contribution in [0.3, 0.4) is 0 Å². The molecule has 0 saturated heterocycles. The molecule has 0 aliphatic heterocycles. The van der Waals surface area contributed by atoms with Gasteiger partial charge in [-0.3, -0.25) is 0 Å². The van der Waals surface area contributed by atoms with Gasteiger partial charge in [0, 0.05) is 11.8 Å². The summed E-state index contributed by atoms with van der Waals surface area (Å²) in [6.07, 6.45) is 0.324. The van der Waals surface area contributed by atoms with Crippen molar-refractivity contribution in [1.82, 2.24) is 9.97 Å². The molecule has 0 spiro atoms. The highest BCUT2D eigenvalue weighted by atomic mass is 32.1. The summed E-state index contributed by atoms with van der Waals surface area (Å²) in [4.78, 5) is 9.18. The molecule has 0 amide bonds. The molecule has 0 saturated carbocycles. The molecule has 2 heterocycles. The maximum atomic E-state index is 13.1. The van der Waals surface area contributed by atoms with Crippen LogP contribution in [0.1, 0.15) is 31.2 Å². The van der Waals surface area contributed by atoms with Crippen molar-refractivity contribution >= 4 is 23.0 Å². The first-order valence-electron chi connectivity index (χ1n) is 8.83. The van der Waals surface area contributed by atoms with Crippen LogP contribution in [0.5, 0.6) is 0 Å². The Balaban J connectivity index is 1.96. The van der Waals surface area contributed by atoms with Crippen LogP contribution < -0.4 is 11.1 Å². The molecule has 0 aliphatic carbocycles. The number of thiazole rings is 1. The molecule has 1 unspecified atom stereocenters. The van der Waals surface area contributed by atoms with Crippen LogP contribution in [0.2, 0.25) is 0 Å². The molecule has 8 heteroatoms. The lowest BCUT2D eigenvalue weighted by Gasteiger charge is -2.24. The van der Waals surface area contributed by atoms with E-state index in [0.29, 0.717) is 32.6 Å². The number of aromatic nitrogens is 2. The normalized spacial score (nSPS) is 12.2. The Bertz CT molecular complexity index is 1050. The van der Waals surface area contributed by atoms with Gasteiger partial charge in [-0.2, -0.15) is 0 Å². The zero-order valence-corrected chi connectivity index (χ0v) is 17.0. The summed E-state index contributed by atoms with van der Waals surface area (Å²) < 4.78 is 18.6. The van der Waals surface area contributed by atoms with E-state index in [1.807, 2.05) is 26.8 Å². The molecule has 3 rings (SSSR count). The van der Waals surface area contributed by atoms with Crippen molar-refractivity contribution in [3.8, 4) is 22.4 Å². The van der Waals surface area contributed by atoms with Crippen LogP contribution in [-0.2, 0) is 4.74 Å². The van der Waals surface area contributed by atoms with E-state index in [4.69, 9.17) is 10.5 Å². The SMILES string of the molecule is CC(C)(C)OC(O)Nc1nc(-c2cccnc2N)sc1C#Cc1ccc(F)cc1. The molecule has 6 nitrogen and oxygen atoms in total. The van der Waals surface area contributed by atoms with Gasteiger partial charge < -0.3 is 20.9 Å². The van der Waals surface area contributed by atoms with Crippen molar-refractivity contribution < 1.29 is 14.2 Å². The minimum atomic E-state index is -1.28. The largest absolute Gasteiger partial charge is 0.383 e. The van der Waals surface area contributed by atoms with Gasteiger partial charge in [0.05, 0.1) is 11.2 Å². The minimum Gasteiger partial charge on any atom is -0.383 e. The van der Waals surface area contributed by atoms with Crippen molar-refractivity contribution in [3.05, 3.63) is 58.9 Å². The summed E-state index contributed by atoms with van der Waals surface area (Å²) >= 11 is 1.30. The molecule has 0 radical (unpaired) electrons. The second kappa shape index (κ2) is 8.57.